The molecule has 0 radical (unpaired) electrons. The summed E-state index contributed by atoms with van der Waals surface area (Å²) in [7, 11) is 0. The monoisotopic (exact) mass is 311 g/mol. The van der Waals surface area contributed by atoms with E-state index < -0.39 is 0 Å². The molecular formula is C14H15Cl2N3O. The third-order valence-corrected chi connectivity index (χ3v) is 3.82. The average molecular weight is 312 g/mol. The summed E-state index contributed by atoms with van der Waals surface area (Å²) in [4.78, 5) is 12.3. The molecule has 0 aliphatic heterocycles. The van der Waals surface area contributed by atoms with Crippen LogP contribution in [0.1, 0.15) is 23.0 Å². The third kappa shape index (κ3) is 2.76. The Morgan fingerprint density at radius 2 is 2.10 bits per heavy atom. The minimum Gasteiger partial charge on any atom is -0.397 e. The van der Waals surface area contributed by atoms with Gasteiger partial charge in [-0.2, -0.15) is 0 Å². The lowest BCUT2D eigenvalue weighted by atomic mass is 10.2. The van der Waals surface area contributed by atoms with Gasteiger partial charge in [-0.05, 0) is 31.5 Å². The van der Waals surface area contributed by atoms with Gasteiger partial charge in [-0.1, -0.05) is 29.3 Å². The molecule has 2 aromatic rings. The first-order chi connectivity index (χ1) is 9.43. The lowest BCUT2D eigenvalue weighted by Gasteiger charge is -2.12. The zero-order valence-electron chi connectivity index (χ0n) is 11.2. The molecule has 4 nitrogen and oxygen atoms in total. The van der Waals surface area contributed by atoms with Gasteiger partial charge < -0.3 is 15.6 Å². The van der Waals surface area contributed by atoms with Crippen LogP contribution in [0.2, 0.25) is 10.0 Å². The second-order valence-electron chi connectivity index (χ2n) is 4.45. The fourth-order valence-electron chi connectivity index (χ4n) is 1.93. The highest BCUT2D eigenvalue weighted by Gasteiger charge is 2.16. The van der Waals surface area contributed by atoms with Crippen molar-refractivity contribution in [2.24, 2.45) is 0 Å². The molecule has 0 atom stereocenters. The third-order valence-electron chi connectivity index (χ3n) is 3.01. The number of aromatic nitrogens is 1. The van der Waals surface area contributed by atoms with E-state index in [1.165, 1.54) is 0 Å². The minimum atomic E-state index is -0.294. The molecule has 6 heteroatoms. The topological polar surface area (TPSA) is 60.0 Å². The Hall–Kier alpha value is -1.65. The molecule has 0 spiro atoms. The van der Waals surface area contributed by atoms with Crippen molar-refractivity contribution in [2.75, 3.05) is 11.1 Å². The number of nitrogen functional groups attached to an aromatic ring is 1. The number of carbonyl (C=O) groups excluding carboxylic acids is 1. The van der Waals surface area contributed by atoms with Crippen LogP contribution in [-0.4, -0.2) is 10.5 Å². The first kappa shape index (κ1) is 14.8. The van der Waals surface area contributed by atoms with E-state index in [1.807, 2.05) is 13.8 Å². The standard InChI is InChI=1S/C14H15Cl2N3O/c1-3-19-7-9(17)6-11(19)14(20)18-13-10(15)5-4-8(2)12(13)16/h4-7H,3,17H2,1-2H3,(H,18,20). The number of nitrogens with one attached hydrogen (secondary N) is 1. The van der Waals surface area contributed by atoms with Gasteiger partial charge >= 0.3 is 0 Å². The summed E-state index contributed by atoms with van der Waals surface area (Å²) in [6.45, 7) is 4.43. The zero-order valence-corrected chi connectivity index (χ0v) is 12.7. The van der Waals surface area contributed by atoms with Crippen LogP contribution in [0.4, 0.5) is 11.4 Å². The van der Waals surface area contributed by atoms with E-state index in [-0.39, 0.29) is 5.91 Å². The second kappa shape index (κ2) is 5.77. The number of hydrogen-bond donors (Lipinski definition) is 2. The Morgan fingerprint density at radius 3 is 2.75 bits per heavy atom. The first-order valence-electron chi connectivity index (χ1n) is 6.15. The number of nitrogens with two attached hydrogens (primary N) is 1. The van der Waals surface area contributed by atoms with Crippen LogP contribution in [0.5, 0.6) is 0 Å². The minimum absolute atomic E-state index is 0.294. The number of anilines is 2. The van der Waals surface area contributed by atoms with Crippen molar-refractivity contribution in [3.05, 3.63) is 45.7 Å². The van der Waals surface area contributed by atoms with Crippen LogP contribution in [0.15, 0.2) is 24.4 Å². The fourth-order valence-corrected chi connectivity index (χ4v) is 2.40. The van der Waals surface area contributed by atoms with Crippen molar-refractivity contribution in [2.45, 2.75) is 20.4 Å². The van der Waals surface area contributed by atoms with Gasteiger partial charge in [0.05, 0.1) is 21.4 Å². The van der Waals surface area contributed by atoms with Crippen molar-refractivity contribution in [1.29, 1.82) is 0 Å². The molecule has 1 aromatic heterocycles. The highest BCUT2D eigenvalue weighted by atomic mass is 35.5. The van der Waals surface area contributed by atoms with Crippen LogP contribution >= 0.6 is 23.2 Å². The summed E-state index contributed by atoms with van der Waals surface area (Å²) in [6, 6.07) is 5.12. The number of aryl methyl sites for hydroxylation is 2. The summed E-state index contributed by atoms with van der Waals surface area (Å²) in [5, 5.41) is 3.58. The number of hydrogen-bond acceptors (Lipinski definition) is 2. The highest BCUT2D eigenvalue weighted by molar-refractivity contribution is 6.40. The molecular weight excluding hydrogens is 297 g/mol. The molecule has 0 saturated heterocycles. The van der Waals surface area contributed by atoms with Gasteiger partial charge in [-0.3, -0.25) is 4.79 Å². The van der Waals surface area contributed by atoms with Crippen LogP contribution in [0.3, 0.4) is 0 Å². The zero-order chi connectivity index (χ0) is 14.9. The molecule has 0 aliphatic rings. The van der Waals surface area contributed by atoms with E-state index in [0.717, 1.165) is 5.56 Å². The summed E-state index contributed by atoms with van der Waals surface area (Å²) < 4.78 is 1.77. The quantitative estimate of drug-likeness (QED) is 0.901. The number of halogens is 2. The summed E-state index contributed by atoms with van der Waals surface area (Å²) in [5.41, 5.74) is 7.99. The Balaban J connectivity index is 2.35. The molecule has 2 rings (SSSR count). The number of nitrogens with zero attached hydrogens (tertiary/aromatic N) is 1. The lowest BCUT2D eigenvalue weighted by molar-refractivity contribution is 0.101. The second-order valence-corrected chi connectivity index (χ2v) is 5.24. The van der Waals surface area contributed by atoms with E-state index in [4.69, 9.17) is 28.9 Å². The van der Waals surface area contributed by atoms with Crippen LogP contribution < -0.4 is 11.1 Å². The van der Waals surface area contributed by atoms with Crippen LogP contribution in [0, 0.1) is 6.92 Å². The fraction of sp³-hybridized carbons (Fsp3) is 0.214. The normalized spacial score (nSPS) is 10.6. The van der Waals surface area contributed by atoms with E-state index >= 15 is 0 Å². The predicted molar refractivity (Wildman–Crippen MR) is 83.7 cm³/mol. The van der Waals surface area contributed by atoms with Crippen LogP contribution in [0.25, 0.3) is 0 Å². The van der Waals surface area contributed by atoms with Gasteiger partial charge in [0.25, 0.3) is 5.91 Å². The van der Waals surface area contributed by atoms with Crippen molar-refractivity contribution < 1.29 is 4.79 Å². The summed E-state index contributed by atoms with van der Waals surface area (Å²) in [5.74, 6) is -0.294. The Bertz CT molecular complexity index is 665. The molecule has 1 aromatic carbocycles. The van der Waals surface area contributed by atoms with E-state index in [9.17, 15) is 4.79 Å². The molecule has 1 heterocycles. The number of benzene rings is 1. The van der Waals surface area contributed by atoms with Crippen molar-refractivity contribution in [1.82, 2.24) is 4.57 Å². The Kier molecular flexibility index (Phi) is 4.26. The first-order valence-corrected chi connectivity index (χ1v) is 6.91. The summed E-state index contributed by atoms with van der Waals surface area (Å²) in [6.07, 6.45) is 1.72. The van der Waals surface area contributed by atoms with E-state index in [1.54, 1.807) is 29.0 Å². The van der Waals surface area contributed by atoms with Gasteiger partial charge in [0.1, 0.15) is 5.69 Å². The SMILES string of the molecule is CCn1cc(N)cc1C(=O)Nc1c(Cl)ccc(C)c1Cl. The van der Waals surface area contributed by atoms with Gasteiger partial charge in [0.2, 0.25) is 0 Å². The summed E-state index contributed by atoms with van der Waals surface area (Å²) >= 11 is 12.3. The molecule has 20 heavy (non-hydrogen) atoms. The smallest absolute Gasteiger partial charge is 0.272 e. The largest absolute Gasteiger partial charge is 0.397 e. The molecule has 3 N–H and O–H groups in total. The molecule has 0 bridgehead atoms. The molecule has 0 aliphatic carbocycles. The van der Waals surface area contributed by atoms with Crippen LogP contribution in [-0.2, 0) is 6.54 Å². The highest BCUT2D eigenvalue weighted by Crippen LogP contribution is 2.33. The average Bonchev–Trinajstić information content (AvgIpc) is 2.80. The number of rotatable bonds is 3. The molecule has 0 unspecified atom stereocenters. The number of carbonyl (C=O) groups is 1. The van der Waals surface area contributed by atoms with Crippen molar-refractivity contribution in [3.8, 4) is 0 Å². The molecule has 0 fully saturated rings. The lowest BCUT2D eigenvalue weighted by Crippen LogP contribution is -2.17. The maximum atomic E-state index is 12.3. The molecule has 106 valence electrons. The van der Waals surface area contributed by atoms with Gasteiger partial charge in [0, 0.05) is 12.7 Å². The van der Waals surface area contributed by atoms with E-state index in [0.29, 0.717) is 33.7 Å². The Labute approximate surface area is 127 Å². The van der Waals surface area contributed by atoms with E-state index in [2.05, 4.69) is 5.32 Å². The number of amides is 1. The molecule has 1 amide bonds. The predicted octanol–water partition coefficient (Wildman–Crippen LogP) is 3.96. The van der Waals surface area contributed by atoms with Gasteiger partial charge in [-0.25, -0.2) is 0 Å². The maximum absolute atomic E-state index is 12.3. The molecule has 0 saturated carbocycles. The van der Waals surface area contributed by atoms with Crippen molar-refractivity contribution >= 4 is 40.5 Å². The van der Waals surface area contributed by atoms with Gasteiger partial charge in [-0.15, -0.1) is 0 Å². The van der Waals surface area contributed by atoms with Crippen molar-refractivity contribution in [3.63, 3.8) is 0 Å². The Morgan fingerprint density at radius 1 is 1.40 bits per heavy atom. The maximum Gasteiger partial charge on any atom is 0.272 e. The van der Waals surface area contributed by atoms with Gasteiger partial charge in [0.15, 0.2) is 0 Å².